The maximum Gasteiger partial charge on any atom is 0.309 e. The first-order chi connectivity index (χ1) is 10.6. The number of benzene rings is 1. The van der Waals surface area contributed by atoms with Crippen LogP contribution < -0.4 is 0 Å². The lowest BCUT2D eigenvalue weighted by atomic mass is 9.75. The minimum atomic E-state index is -0.693. The van der Waals surface area contributed by atoms with Crippen LogP contribution in [0.3, 0.4) is 0 Å². The first-order valence-electron chi connectivity index (χ1n) is 7.89. The Bertz CT molecular complexity index is 558. The van der Waals surface area contributed by atoms with Crippen LogP contribution in [0.2, 0.25) is 0 Å². The molecule has 0 saturated carbocycles. The van der Waals surface area contributed by atoms with Gasteiger partial charge >= 0.3 is 5.97 Å². The highest BCUT2D eigenvalue weighted by atomic mass is 16.5. The number of esters is 1. The zero-order valence-electron chi connectivity index (χ0n) is 13.0. The maximum absolute atomic E-state index is 11.2. The van der Waals surface area contributed by atoms with Crippen molar-refractivity contribution in [3.63, 3.8) is 0 Å². The molecule has 1 atom stereocenters. The van der Waals surface area contributed by atoms with Gasteiger partial charge in [-0.3, -0.25) is 4.79 Å². The monoisotopic (exact) mass is 301 g/mol. The summed E-state index contributed by atoms with van der Waals surface area (Å²) in [4.78, 5) is 13.6. The van der Waals surface area contributed by atoms with Gasteiger partial charge in [-0.15, -0.1) is 0 Å². The number of rotatable bonds is 4. The van der Waals surface area contributed by atoms with E-state index >= 15 is 0 Å². The van der Waals surface area contributed by atoms with E-state index in [1.165, 1.54) is 7.11 Å². The van der Waals surface area contributed by atoms with Crippen molar-refractivity contribution in [2.45, 2.75) is 24.9 Å². The molecule has 0 aromatic heterocycles. The van der Waals surface area contributed by atoms with Crippen molar-refractivity contribution in [2.24, 2.45) is 5.92 Å². The molecule has 118 valence electrons. The topological polar surface area (TPSA) is 49.8 Å². The molecule has 4 nitrogen and oxygen atoms in total. The van der Waals surface area contributed by atoms with Gasteiger partial charge in [-0.1, -0.05) is 36.4 Å². The molecule has 1 N–H and O–H groups in total. The predicted molar refractivity (Wildman–Crippen MR) is 85.3 cm³/mol. The fraction of sp³-hybridized carbons (Fsp3) is 0.500. The number of aliphatic hydroxyl groups is 1. The van der Waals surface area contributed by atoms with Crippen molar-refractivity contribution in [3.05, 3.63) is 41.5 Å². The van der Waals surface area contributed by atoms with Crippen molar-refractivity contribution in [1.29, 1.82) is 0 Å². The Morgan fingerprint density at radius 3 is 2.59 bits per heavy atom. The zero-order valence-corrected chi connectivity index (χ0v) is 13.0. The van der Waals surface area contributed by atoms with Crippen LogP contribution in [-0.2, 0) is 16.0 Å². The third-order valence-electron chi connectivity index (χ3n) is 4.89. The van der Waals surface area contributed by atoms with Gasteiger partial charge in [0.05, 0.1) is 19.1 Å². The van der Waals surface area contributed by atoms with Gasteiger partial charge in [-0.2, -0.15) is 0 Å². The van der Waals surface area contributed by atoms with Crippen molar-refractivity contribution in [1.82, 2.24) is 4.90 Å². The van der Waals surface area contributed by atoms with Gasteiger partial charge in [-0.25, -0.2) is 0 Å². The number of carbonyl (C=O) groups excluding carboxylic acids is 1. The normalized spacial score (nSPS) is 30.6. The summed E-state index contributed by atoms with van der Waals surface area (Å²) in [6, 6.07) is 7.80. The number of hydrogen-bond acceptors (Lipinski definition) is 4. The molecule has 3 saturated heterocycles. The predicted octanol–water partition coefficient (Wildman–Crippen LogP) is 1.87. The van der Waals surface area contributed by atoms with Crippen LogP contribution >= 0.6 is 0 Å². The van der Waals surface area contributed by atoms with Crippen molar-refractivity contribution < 1.29 is 14.6 Å². The Kier molecular flexibility index (Phi) is 4.32. The Morgan fingerprint density at radius 1 is 1.36 bits per heavy atom. The van der Waals surface area contributed by atoms with Gasteiger partial charge in [0.2, 0.25) is 0 Å². The average Bonchev–Trinajstić information content (AvgIpc) is 2.55. The lowest BCUT2D eigenvalue weighted by Gasteiger charge is -2.49. The molecule has 0 aliphatic carbocycles. The second kappa shape index (κ2) is 6.23. The molecule has 0 amide bonds. The number of hydrogen-bond donors (Lipinski definition) is 1. The fourth-order valence-electron chi connectivity index (χ4n) is 3.49. The Balaban J connectivity index is 1.66. The fourth-order valence-corrected chi connectivity index (χ4v) is 3.49. The summed E-state index contributed by atoms with van der Waals surface area (Å²) in [5, 5.41) is 10.8. The standard InChI is InChI=1S/C18H23NO3/c1-22-17(20)12-15-4-2-14(3-5-15)6-9-18(21)13-19-10-7-16(18)8-11-19/h2-6,9,16,21H,7-8,10-13H2,1H3. The van der Waals surface area contributed by atoms with Crippen LogP contribution in [0.5, 0.6) is 0 Å². The molecule has 22 heavy (non-hydrogen) atoms. The summed E-state index contributed by atoms with van der Waals surface area (Å²) in [5.41, 5.74) is 1.28. The number of nitrogens with zero attached hydrogens (tertiary/aromatic N) is 1. The molecular formula is C18H23NO3. The Labute approximate surface area is 131 Å². The summed E-state index contributed by atoms with van der Waals surface area (Å²) in [5.74, 6) is 0.150. The number of ether oxygens (including phenoxy) is 1. The number of carbonyl (C=O) groups is 1. The highest BCUT2D eigenvalue weighted by Crippen LogP contribution is 2.36. The molecule has 3 aliphatic heterocycles. The van der Waals surface area contributed by atoms with Crippen molar-refractivity contribution in [3.8, 4) is 0 Å². The highest BCUT2D eigenvalue weighted by molar-refractivity contribution is 5.72. The zero-order chi connectivity index (χ0) is 15.6. The van der Waals surface area contributed by atoms with E-state index in [4.69, 9.17) is 0 Å². The minimum absolute atomic E-state index is 0.232. The van der Waals surface area contributed by atoms with Gasteiger partial charge in [0.1, 0.15) is 0 Å². The first-order valence-corrected chi connectivity index (χ1v) is 7.89. The molecule has 1 unspecified atom stereocenters. The van der Waals surface area contributed by atoms with Crippen LogP contribution in [0, 0.1) is 5.92 Å². The Hall–Kier alpha value is -1.65. The van der Waals surface area contributed by atoms with E-state index in [0.717, 1.165) is 43.6 Å². The van der Waals surface area contributed by atoms with E-state index in [2.05, 4.69) is 9.64 Å². The largest absolute Gasteiger partial charge is 0.469 e. The van der Waals surface area contributed by atoms with Crippen LogP contribution in [-0.4, -0.2) is 48.3 Å². The minimum Gasteiger partial charge on any atom is -0.469 e. The molecule has 1 aromatic carbocycles. The van der Waals surface area contributed by atoms with E-state index < -0.39 is 5.60 Å². The van der Waals surface area contributed by atoms with Gasteiger partial charge < -0.3 is 14.7 Å². The van der Waals surface area contributed by atoms with Gasteiger partial charge in [-0.05, 0) is 43.0 Å². The van der Waals surface area contributed by atoms with E-state index in [1.807, 2.05) is 36.4 Å². The smallest absolute Gasteiger partial charge is 0.309 e. The average molecular weight is 301 g/mol. The molecular weight excluding hydrogens is 278 g/mol. The number of fused-ring (bicyclic) bond motifs is 3. The maximum atomic E-state index is 11.2. The third-order valence-corrected chi connectivity index (χ3v) is 4.89. The number of methoxy groups -OCH3 is 1. The SMILES string of the molecule is COC(=O)Cc1ccc(C=CC2(O)CN3CCC2CC3)cc1. The van der Waals surface area contributed by atoms with E-state index in [1.54, 1.807) is 0 Å². The van der Waals surface area contributed by atoms with E-state index in [-0.39, 0.29) is 5.97 Å². The molecule has 3 aliphatic rings. The second-order valence-electron chi connectivity index (χ2n) is 6.37. The third kappa shape index (κ3) is 3.23. The van der Waals surface area contributed by atoms with E-state index in [9.17, 15) is 9.90 Å². The summed E-state index contributed by atoms with van der Waals surface area (Å²) in [7, 11) is 1.40. The van der Waals surface area contributed by atoms with Gasteiger partial charge in [0, 0.05) is 6.54 Å². The molecule has 3 heterocycles. The molecule has 4 rings (SSSR count). The second-order valence-corrected chi connectivity index (χ2v) is 6.37. The van der Waals surface area contributed by atoms with Crippen molar-refractivity contribution in [2.75, 3.05) is 26.7 Å². The van der Waals surface area contributed by atoms with Crippen LogP contribution in [0.4, 0.5) is 0 Å². The molecule has 1 aromatic rings. The summed E-state index contributed by atoms with van der Waals surface area (Å²) in [6.07, 6.45) is 6.40. The van der Waals surface area contributed by atoms with Crippen molar-refractivity contribution >= 4 is 12.0 Å². The quantitative estimate of drug-likeness (QED) is 0.863. The van der Waals surface area contributed by atoms with Gasteiger partial charge in [0.15, 0.2) is 0 Å². The first kappa shape index (κ1) is 15.3. The molecule has 4 heteroatoms. The van der Waals surface area contributed by atoms with Gasteiger partial charge in [0.25, 0.3) is 0 Å². The molecule has 0 spiro atoms. The lowest BCUT2D eigenvalue weighted by Crippen LogP contribution is -2.58. The Morgan fingerprint density at radius 2 is 2.05 bits per heavy atom. The molecule has 0 radical (unpaired) electrons. The van der Waals surface area contributed by atoms with Crippen LogP contribution in [0.1, 0.15) is 24.0 Å². The van der Waals surface area contributed by atoms with Crippen LogP contribution in [0.15, 0.2) is 30.3 Å². The summed E-state index contributed by atoms with van der Waals surface area (Å²) < 4.78 is 4.66. The lowest BCUT2D eigenvalue weighted by molar-refractivity contribution is -0.139. The van der Waals surface area contributed by atoms with Crippen LogP contribution in [0.25, 0.3) is 6.08 Å². The number of piperidine rings is 3. The highest BCUT2D eigenvalue weighted by Gasteiger charge is 2.43. The molecule has 3 fully saturated rings. The summed E-state index contributed by atoms with van der Waals surface area (Å²) >= 11 is 0. The van der Waals surface area contributed by atoms with E-state index in [0.29, 0.717) is 12.3 Å². The molecule has 2 bridgehead atoms. The summed E-state index contributed by atoms with van der Waals surface area (Å²) in [6.45, 7) is 2.97.